The Kier molecular flexibility index (Phi) is 6.70. The highest BCUT2D eigenvalue weighted by atomic mass is 32.2. The predicted molar refractivity (Wildman–Crippen MR) is 131 cm³/mol. The van der Waals surface area contributed by atoms with E-state index in [1.165, 1.54) is 12.1 Å². The summed E-state index contributed by atoms with van der Waals surface area (Å²) in [6.45, 7) is 1.18. The second-order valence-corrected chi connectivity index (χ2v) is 8.52. The van der Waals surface area contributed by atoms with Gasteiger partial charge < -0.3 is 14.6 Å². The summed E-state index contributed by atoms with van der Waals surface area (Å²) in [7, 11) is 0. The molecule has 0 aromatic heterocycles. The number of pyridine rings is 1. The standard InChI is InChI=1S/C24H18F2N6O4S/c25-16-5-6-19(18(26)12-16)36-20-11-15-13-28-24(30-22(15)32-9-8-27-23(20)32)29-17-3-1-2-14(10-17)4-7-21(33)31-37(34)35/h1-7,10-13,27H,8-9H2,(H,31,33)(H,34,35). The number of hydrogen-bond acceptors (Lipinski definition) is 7. The molecule has 2 aromatic carbocycles. The van der Waals surface area contributed by atoms with E-state index in [0.29, 0.717) is 47.3 Å². The van der Waals surface area contributed by atoms with Crippen LogP contribution in [0.3, 0.4) is 0 Å². The molecule has 3 N–H and O–H groups in total. The van der Waals surface area contributed by atoms with E-state index in [4.69, 9.17) is 9.29 Å². The fourth-order valence-electron chi connectivity index (χ4n) is 3.74. The summed E-state index contributed by atoms with van der Waals surface area (Å²) >= 11 is -2.44. The lowest BCUT2D eigenvalue weighted by molar-refractivity contribution is -0.114. The Bertz CT molecular complexity index is 1610. The van der Waals surface area contributed by atoms with Gasteiger partial charge in [-0.25, -0.2) is 27.7 Å². The first-order valence-electron chi connectivity index (χ1n) is 10.9. The van der Waals surface area contributed by atoms with Crippen LogP contribution in [0.1, 0.15) is 5.56 Å². The first-order valence-corrected chi connectivity index (χ1v) is 12.0. The number of hydrogen-bond donors (Lipinski definition) is 3. The first-order chi connectivity index (χ1) is 17.9. The predicted octanol–water partition coefficient (Wildman–Crippen LogP) is 3.38. The Labute approximate surface area is 211 Å². The molecule has 3 heterocycles. The van der Waals surface area contributed by atoms with Crippen LogP contribution in [-0.4, -0.2) is 35.7 Å². The quantitative estimate of drug-likeness (QED) is 0.260. The number of halogens is 2. The minimum Gasteiger partial charge on any atom is -0.450 e. The molecule has 13 heteroatoms. The fraction of sp³-hybridized carbons (Fsp3) is 0.0833. The molecule has 188 valence electrons. The molecule has 5 rings (SSSR count). The van der Waals surface area contributed by atoms with Crippen LogP contribution in [0.25, 0.3) is 17.5 Å². The molecule has 3 aliphatic heterocycles. The minimum absolute atomic E-state index is 0.110. The van der Waals surface area contributed by atoms with Crippen LogP contribution in [0.2, 0.25) is 0 Å². The number of nitrogens with one attached hydrogen (secondary N) is 2. The number of benzene rings is 2. The van der Waals surface area contributed by atoms with Gasteiger partial charge in [-0.2, -0.15) is 4.98 Å². The number of anilines is 1. The number of amides is 1. The third kappa shape index (κ3) is 5.52. The summed E-state index contributed by atoms with van der Waals surface area (Å²) in [6.07, 6.45) is 4.18. The molecule has 0 saturated carbocycles. The molecule has 0 saturated heterocycles. The Morgan fingerprint density at radius 2 is 2.08 bits per heavy atom. The SMILES string of the molecule is O=C(C=Cc1cccc(N=c2ncc3cc(Oc4ccc(F)cc4F)c4n(c-3n2)CCN4)c1)NS(=O)O. The highest BCUT2D eigenvalue weighted by molar-refractivity contribution is 7.77. The van der Waals surface area contributed by atoms with Crippen LogP contribution in [-0.2, 0) is 22.6 Å². The van der Waals surface area contributed by atoms with E-state index >= 15 is 0 Å². The average Bonchev–Trinajstić information content (AvgIpc) is 3.35. The highest BCUT2D eigenvalue weighted by Crippen LogP contribution is 2.38. The van der Waals surface area contributed by atoms with Crippen LogP contribution >= 0.6 is 0 Å². The van der Waals surface area contributed by atoms with Crippen LogP contribution < -0.4 is 20.4 Å². The molecule has 0 aliphatic carbocycles. The van der Waals surface area contributed by atoms with Crippen LogP contribution in [0.4, 0.5) is 20.3 Å². The second-order valence-electron chi connectivity index (χ2n) is 7.82. The maximum Gasteiger partial charge on any atom is 0.261 e. The molecule has 0 fully saturated rings. The van der Waals surface area contributed by atoms with Gasteiger partial charge in [-0.05, 0) is 42.0 Å². The molecule has 3 aliphatic rings. The summed E-state index contributed by atoms with van der Waals surface area (Å²) in [5.41, 5.74) is 1.99. The lowest BCUT2D eigenvalue weighted by Crippen LogP contribution is -2.22. The maximum atomic E-state index is 14.2. The van der Waals surface area contributed by atoms with E-state index in [1.807, 2.05) is 9.29 Å². The van der Waals surface area contributed by atoms with Gasteiger partial charge in [0.1, 0.15) is 11.6 Å². The molecule has 2 aromatic rings. The monoisotopic (exact) mass is 524 g/mol. The normalized spacial score (nSPS) is 14.0. The summed E-state index contributed by atoms with van der Waals surface area (Å²) in [5, 5.41) is 3.20. The zero-order valence-electron chi connectivity index (χ0n) is 18.9. The van der Waals surface area contributed by atoms with Crippen molar-refractivity contribution in [2.45, 2.75) is 6.54 Å². The Hall–Kier alpha value is -4.49. The van der Waals surface area contributed by atoms with E-state index < -0.39 is 28.8 Å². The van der Waals surface area contributed by atoms with E-state index in [-0.39, 0.29) is 11.4 Å². The van der Waals surface area contributed by atoms with Crippen molar-refractivity contribution in [3.63, 3.8) is 0 Å². The van der Waals surface area contributed by atoms with Crippen molar-refractivity contribution in [1.82, 2.24) is 19.3 Å². The van der Waals surface area contributed by atoms with Gasteiger partial charge in [-0.1, -0.05) is 12.1 Å². The molecular formula is C24H18F2N6O4S. The van der Waals surface area contributed by atoms with Crippen LogP contribution in [0, 0.1) is 11.6 Å². The van der Waals surface area contributed by atoms with Crippen molar-refractivity contribution in [1.29, 1.82) is 0 Å². The summed E-state index contributed by atoms with van der Waals surface area (Å²) < 4.78 is 56.2. The molecule has 0 bridgehead atoms. The van der Waals surface area contributed by atoms with Crippen molar-refractivity contribution in [2.75, 3.05) is 11.9 Å². The van der Waals surface area contributed by atoms with Crippen molar-refractivity contribution >= 4 is 34.8 Å². The smallest absolute Gasteiger partial charge is 0.261 e. The molecule has 0 spiro atoms. The number of rotatable bonds is 6. The summed E-state index contributed by atoms with van der Waals surface area (Å²) in [6, 6.07) is 11.7. The Balaban J connectivity index is 1.47. The lowest BCUT2D eigenvalue weighted by Gasteiger charge is -2.17. The average molecular weight is 525 g/mol. The third-order valence-corrected chi connectivity index (χ3v) is 5.66. The fourth-order valence-corrected chi connectivity index (χ4v) is 3.98. The molecular weight excluding hydrogens is 506 g/mol. The number of carbonyl (C=O) groups is 1. The van der Waals surface area contributed by atoms with Gasteiger partial charge in [-0.15, -0.1) is 0 Å². The number of carbonyl (C=O) groups excluding carboxylic acids is 1. The summed E-state index contributed by atoms with van der Waals surface area (Å²) in [4.78, 5) is 24.9. The maximum absolute atomic E-state index is 14.2. The lowest BCUT2D eigenvalue weighted by atomic mass is 10.2. The molecule has 10 nitrogen and oxygen atoms in total. The molecule has 0 radical (unpaired) electrons. The van der Waals surface area contributed by atoms with E-state index in [9.17, 15) is 17.8 Å². The van der Waals surface area contributed by atoms with Gasteiger partial charge in [0.2, 0.25) is 0 Å². The third-order valence-electron chi connectivity index (χ3n) is 5.28. The van der Waals surface area contributed by atoms with Crippen molar-refractivity contribution in [2.24, 2.45) is 4.99 Å². The van der Waals surface area contributed by atoms with Crippen LogP contribution in [0.15, 0.2) is 65.8 Å². The second kappa shape index (κ2) is 10.2. The van der Waals surface area contributed by atoms with Crippen molar-refractivity contribution in [3.8, 4) is 22.9 Å². The number of nitrogens with zero attached hydrogens (tertiary/aromatic N) is 4. The highest BCUT2D eigenvalue weighted by Gasteiger charge is 2.23. The van der Waals surface area contributed by atoms with E-state index in [1.54, 1.807) is 36.5 Å². The zero-order chi connectivity index (χ0) is 25.9. The van der Waals surface area contributed by atoms with Crippen molar-refractivity contribution in [3.05, 3.63) is 83.6 Å². The van der Waals surface area contributed by atoms with Gasteiger partial charge in [-0.3, -0.25) is 9.35 Å². The van der Waals surface area contributed by atoms with Gasteiger partial charge in [0.25, 0.3) is 22.8 Å². The molecule has 37 heavy (non-hydrogen) atoms. The van der Waals surface area contributed by atoms with E-state index in [0.717, 1.165) is 18.2 Å². The van der Waals surface area contributed by atoms with Gasteiger partial charge in [0.15, 0.2) is 23.1 Å². The Morgan fingerprint density at radius 1 is 1.22 bits per heavy atom. The molecule has 1 unspecified atom stereocenters. The summed E-state index contributed by atoms with van der Waals surface area (Å²) in [5.74, 6) is -0.815. The number of fused-ring (bicyclic) bond motifs is 3. The van der Waals surface area contributed by atoms with Crippen LogP contribution in [0.5, 0.6) is 11.5 Å². The van der Waals surface area contributed by atoms with Gasteiger partial charge in [0, 0.05) is 37.0 Å². The van der Waals surface area contributed by atoms with Gasteiger partial charge in [0.05, 0.1) is 5.69 Å². The number of ether oxygens (including phenoxy) is 1. The largest absolute Gasteiger partial charge is 0.450 e. The minimum atomic E-state index is -2.44. The number of aromatic nitrogens is 3. The van der Waals surface area contributed by atoms with Crippen molar-refractivity contribution < 1.29 is 27.1 Å². The Morgan fingerprint density at radius 3 is 2.89 bits per heavy atom. The molecule has 1 amide bonds. The zero-order valence-corrected chi connectivity index (χ0v) is 19.7. The van der Waals surface area contributed by atoms with E-state index in [2.05, 4.69) is 20.3 Å². The molecule has 1 atom stereocenters. The van der Waals surface area contributed by atoms with Gasteiger partial charge >= 0.3 is 0 Å². The first kappa shape index (κ1) is 24.2. The topological polar surface area (TPSA) is 131 Å².